The lowest BCUT2D eigenvalue weighted by molar-refractivity contribution is 0.315. The molecule has 2 saturated carbocycles. The van der Waals surface area contributed by atoms with Crippen molar-refractivity contribution in [3.8, 4) is 17.2 Å². The number of ether oxygens (including phenoxy) is 3. The molecular formula is C21H34IN3O3. The van der Waals surface area contributed by atoms with Gasteiger partial charge < -0.3 is 24.8 Å². The maximum Gasteiger partial charge on any atom is 0.203 e. The molecule has 0 heterocycles. The fourth-order valence-electron chi connectivity index (χ4n) is 4.26. The van der Waals surface area contributed by atoms with E-state index in [0.29, 0.717) is 29.8 Å². The van der Waals surface area contributed by atoms with E-state index in [2.05, 4.69) is 15.6 Å². The van der Waals surface area contributed by atoms with Crippen molar-refractivity contribution in [1.82, 2.24) is 10.6 Å². The van der Waals surface area contributed by atoms with Gasteiger partial charge in [-0.05, 0) is 36.0 Å². The number of aliphatic imine (C=N–C) groups is 1. The van der Waals surface area contributed by atoms with Crippen molar-refractivity contribution in [2.75, 3.05) is 28.4 Å². The average molecular weight is 503 g/mol. The molecule has 2 N–H and O–H groups in total. The van der Waals surface area contributed by atoms with Crippen LogP contribution in [0.5, 0.6) is 17.2 Å². The Hall–Kier alpha value is -1.38. The van der Waals surface area contributed by atoms with Gasteiger partial charge in [0, 0.05) is 19.6 Å². The smallest absolute Gasteiger partial charge is 0.203 e. The number of halogens is 1. The fourth-order valence-corrected chi connectivity index (χ4v) is 4.26. The molecule has 0 saturated heterocycles. The minimum absolute atomic E-state index is 0. The zero-order chi connectivity index (χ0) is 19.2. The third kappa shape index (κ3) is 5.58. The molecular weight excluding hydrogens is 469 g/mol. The van der Waals surface area contributed by atoms with Gasteiger partial charge in [-0.25, -0.2) is 0 Å². The van der Waals surface area contributed by atoms with E-state index in [9.17, 15) is 0 Å². The molecule has 0 amide bonds. The molecule has 2 aliphatic carbocycles. The Labute approximate surface area is 185 Å². The molecule has 3 rings (SSSR count). The summed E-state index contributed by atoms with van der Waals surface area (Å²) in [6.45, 7) is 0.636. The number of nitrogens with zero attached hydrogens (tertiary/aromatic N) is 1. The van der Waals surface area contributed by atoms with Gasteiger partial charge in [0.2, 0.25) is 5.75 Å². The van der Waals surface area contributed by atoms with Crippen molar-refractivity contribution in [3.05, 3.63) is 17.7 Å². The van der Waals surface area contributed by atoms with E-state index in [1.54, 1.807) is 21.3 Å². The van der Waals surface area contributed by atoms with E-state index in [4.69, 9.17) is 14.2 Å². The summed E-state index contributed by atoms with van der Waals surface area (Å²) in [5.41, 5.74) is 1.05. The topological polar surface area (TPSA) is 64.1 Å². The van der Waals surface area contributed by atoms with E-state index in [0.717, 1.165) is 23.4 Å². The van der Waals surface area contributed by atoms with E-state index >= 15 is 0 Å². The molecule has 0 aliphatic heterocycles. The summed E-state index contributed by atoms with van der Waals surface area (Å²) in [6, 6.07) is 4.49. The van der Waals surface area contributed by atoms with Crippen molar-refractivity contribution in [3.63, 3.8) is 0 Å². The molecule has 2 fully saturated rings. The molecule has 6 nitrogen and oxygen atoms in total. The lowest BCUT2D eigenvalue weighted by atomic mass is 9.85. The summed E-state index contributed by atoms with van der Waals surface area (Å²) in [6.07, 6.45) is 8.31. The predicted molar refractivity (Wildman–Crippen MR) is 123 cm³/mol. The van der Waals surface area contributed by atoms with Gasteiger partial charge in [0.15, 0.2) is 17.5 Å². The minimum atomic E-state index is 0. The van der Waals surface area contributed by atoms with Gasteiger partial charge in [-0.3, -0.25) is 4.99 Å². The quantitative estimate of drug-likeness (QED) is 0.335. The van der Waals surface area contributed by atoms with Gasteiger partial charge >= 0.3 is 0 Å². The van der Waals surface area contributed by atoms with Gasteiger partial charge in [0.1, 0.15) is 0 Å². The van der Waals surface area contributed by atoms with E-state index < -0.39 is 0 Å². The molecule has 2 atom stereocenters. The largest absolute Gasteiger partial charge is 0.493 e. The number of rotatable bonds is 7. The fraction of sp³-hybridized carbons (Fsp3) is 0.667. The summed E-state index contributed by atoms with van der Waals surface area (Å²) in [4.78, 5) is 4.39. The normalized spacial score (nSPS) is 22.1. The lowest BCUT2D eigenvalue weighted by Crippen LogP contribution is -2.39. The maximum atomic E-state index is 5.43. The Morgan fingerprint density at radius 2 is 1.68 bits per heavy atom. The summed E-state index contributed by atoms with van der Waals surface area (Å²) in [7, 11) is 6.70. The molecule has 7 heteroatoms. The van der Waals surface area contributed by atoms with Crippen LogP contribution < -0.4 is 24.8 Å². The standard InChI is InChI=1S/C21H33N3O3.HI/c1-22-21(24-17-12-16(17)15-8-6-5-7-9-15)23-13-14-10-18(25-2)20(27-4)19(11-14)26-3;/h10-11,15-17H,5-9,12-13H2,1-4H3,(H2,22,23,24);1H. The van der Waals surface area contributed by atoms with Crippen molar-refractivity contribution < 1.29 is 14.2 Å². The summed E-state index contributed by atoms with van der Waals surface area (Å²) < 4.78 is 16.2. The highest BCUT2D eigenvalue weighted by molar-refractivity contribution is 14.0. The Morgan fingerprint density at radius 3 is 2.21 bits per heavy atom. The molecule has 2 aliphatic rings. The van der Waals surface area contributed by atoms with Gasteiger partial charge in [-0.1, -0.05) is 32.1 Å². The molecule has 0 spiro atoms. The van der Waals surface area contributed by atoms with Crippen molar-refractivity contribution >= 4 is 29.9 Å². The zero-order valence-corrected chi connectivity index (χ0v) is 19.7. The van der Waals surface area contributed by atoms with Crippen molar-refractivity contribution in [1.29, 1.82) is 0 Å². The first-order chi connectivity index (χ1) is 13.2. The summed E-state index contributed by atoms with van der Waals surface area (Å²) in [5.74, 6) is 4.52. The first kappa shape index (κ1) is 22.9. The molecule has 28 heavy (non-hydrogen) atoms. The highest BCUT2D eigenvalue weighted by Crippen LogP contribution is 2.44. The third-order valence-corrected chi connectivity index (χ3v) is 5.83. The molecule has 1 aromatic carbocycles. The van der Waals surface area contributed by atoms with E-state index in [1.807, 2.05) is 19.2 Å². The first-order valence-corrected chi connectivity index (χ1v) is 9.96. The first-order valence-electron chi connectivity index (χ1n) is 9.96. The molecule has 1 aromatic rings. The highest BCUT2D eigenvalue weighted by atomic mass is 127. The Kier molecular flexibility index (Phi) is 8.98. The third-order valence-electron chi connectivity index (χ3n) is 5.83. The predicted octanol–water partition coefficient (Wildman–Crippen LogP) is 3.96. The van der Waals surface area contributed by atoms with Crippen LogP contribution in [0.2, 0.25) is 0 Å². The van der Waals surface area contributed by atoms with Gasteiger partial charge in [-0.2, -0.15) is 0 Å². The average Bonchev–Trinajstić information content (AvgIpc) is 3.49. The van der Waals surface area contributed by atoms with Crippen LogP contribution in [0.4, 0.5) is 0 Å². The van der Waals surface area contributed by atoms with Gasteiger partial charge in [0.25, 0.3) is 0 Å². The molecule has 0 radical (unpaired) electrons. The number of benzene rings is 1. The van der Waals surface area contributed by atoms with Gasteiger partial charge in [0.05, 0.1) is 21.3 Å². The number of methoxy groups -OCH3 is 3. The second-order valence-electron chi connectivity index (χ2n) is 7.51. The second kappa shape index (κ2) is 11.0. The summed E-state index contributed by atoms with van der Waals surface area (Å²) >= 11 is 0. The van der Waals surface area contributed by atoms with Crippen LogP contribution in [0.3, 0.4) is 0 Å². The number of hydrogen-bond donors (Lipinski definition) is 2. The molecule has 158 valence electrons. The van der Waals surface area contributed by atoms with E-state index in [-0.39, 0.29) is 24.0 Å². The number of hydrogen-bond acceptors (Lipinski definition) is 4. The maximum absolute atomic E-state index is 5.43. The molecule has 0 bridgehead atoms. The van der Waals surface area contributed by atoms with Crippen LogP contribution in [0.1, 0.15) is 44.1 Å². The van der Waals surface area contributed by atoms with Crippen LogP contribution in [0.25, 0.3) is 0 Å². The zero-order valence-electron chi connectivity index (χ0n) is 17.4. The van der Waals surface area contributed by atoms with Crippen LogP contribution in [-0.4, -0.2) is 40.4 Å². The Morgan fingerprint density at radius 1 is 1.04 bits per heavy atom. The number of nitrogens with one attached hydrogen (secondary N) is 2. The molecule has 2 unspecified atom stereocenters. The van der Waals surface area contributed by atoms with Crippen molar-refractivity contribution in [2.24, 2.45) is 16.8 Å². The van der Waals surface area contributed by atoms with Gasteiger partial charge in [-0.15, -0.1) is 24.0 Å². The second-order valence-corrected chi connectivity index (χ2v) is 7.51. The monoisotopic (exact) mass is 503 g/mol. The van der Waals surface area contributed by atoms with Crippen LogP contribution in [0, 0.1) is 11.8 Å². The number of guanidine groups is 1. The SMILES string of the molecule is CN=C(NCc1cc(OC)c(OC)c(OC)c1)NC1CC1C1CCCCC1.I. The van der Waals surface area contributed by atoms with E-state index in [1.165, 1.54) is 38.5 Å². The van der Waals surface area contributed by atoms with Crippen LogP contribution in [0.15, 0.2) is 17.1 Å². The highest BCUT2D eigenvalue weighted by Gasteiger charge is 2.43. The Bertz CT molecular complexity index is 637. The van der Waals surface area contributed by atoms with Crippen LogP contribution in [-0.2, 0) is 6.54 Å². The minimum Gasteiger partial charge on any atom is -0.493 e. The van der Waals surface area contributed by atoms with Crippen LogP contribution >= 0.6 is 24.0 Å². The van der Waals surface area contributed by atoms with Crippen molar-refractivity contribution in [2.45, 2.75) is 51.1 Å². The Balaban J connectivity index is 0.00000280. The lowest BCUT2D eigenvalue weighted by Gasteiger charge is -2.22. The molecule has 0 aromatic heterocycles. The summed E-state index contributed by atoms with van der Waals surface area (Å²) in [5, 5.41) is 7.00.